The lowest BCUT2D eigenvalue weighted by Gasteiger charge is -2.34. The van der Waals surface area contributed by atoms with Crippen LogP contribution in [-0.4, -0.2) is 9.13 Å². The van der Waals surface area contributed by atoms with E-state index in [1.165, 1.54) is 82.9 Å². The Hall–Kier alpha value is -6.90. The fourth-order valence-electron chi connectivity index (χ4n) is 9.23. The second-order valence-corrected chi connectivity index (χ2v) is 14.1. The zero-order chi connectivity index (χ0) is 34.9. The summed E-state index contributed by atoms with van der Waals surface area (Å²) in [6.45, 7) is 0. The van der Waals surface area contributed by atoms with Gasteiger partial charge in [-0.3, -0.25) is 0 Å². The second kappa shape index (κ2) is 11.6. The normalized spacial score (nSPS) is 13.1. The molecule has 2 aromatic heterocycles. The van der Waals surface area contributed by atoms with Crippen molar-refractivity contribution in [3.8, 4) is 33.6 Å². The summed E-state index contributed by atoms with van der Waals surface area (Å²) in [5.74, 6) is 0. The molecule has 0 spiro atoms. The Labute approximate surface area is 308 Å². The SMILES string of the molecule is c1ccc(-n2c3ccccc3c3cc(-n4ccc5cc(-c6cccc7c6-c6ccccc6C7(c6ccccc6)c6ccccc6)ccc54)ccc32)cc1. The summed E-state index contributed by atoms with van der Waals surface area (Å²) in [6.07, 6.45) is 2.21. The molecule has 10 aromatic rings. The minimum atomic E-state index is -0.417. The maximum atomic E-state index is 2.37. The van der Waals surface area contributed by atoms with Gasteiger partial charge in [0.1, 0.15) is 0 Å². The third kappa shape index (κ3) is 4.27. The quantitative estimate of drug-likeness (QED) is 0.172. The number of rotatable bonds is 5. The van der Waals surface area contributed by atoms with Crippen molar-refractivity contribution in [3.05, 3.63) is 229 Å². The van der Waals surface area contributed by atoms with Gasteiger partial charge in [0.25, 0.3) is 0 Å². The van der Waals surface area contributed by atoms with Crippen LogP contribution in [0.1, 0.15) is 22.3 Å². The Morgan fingerprint density at radius 1 is 0.377 bits per heavy atom. The first kappa shape index (κ1) is 29.8. The van der Waals surface area contributed by atoms with Gasteiger partial charge in [0.05, 0.1) is 22.0 Å². The molecule has 248 valence electrons. The molecule has 0 amide bonds. The zero-order valence-electron chi connectivity index (χ0n) is 29.0. The van der Waals surface area contributed by atoms with Gasteiger partial charge in [-0.05, 0) is 99.1 Å². The van der Waals surface area contributed by atoms with Crippen molar-refractivity contribution in [2.75, 3.05) is 0 Å². The van der Waals surface area contributed by atoms with Gasteiger partial charge in [-0.25, -0.2) is 0 Å². The van der Waals surface area contributed by atoms with Crippen molar-refractivity contribution in [3.63, 3.8) is 0 Å². The molecule has 0 radical (unpaired) electrons. The van der Waals surface area contributed by atoms with Crippen molar-refractivity contribution < 1.29 is 0 Å². The summed E-state index contributed by atoms with van der Waals surface area (Å²) in [5, 5.41) is 3.72. The number of hydrogen-bond donors (Lipinski definition) is 0. The average Bonchev–Trinajstić information content (AvgIpc) is 3.90. The van der Waals surface area contributed by atoms with E-state index >= 15 is 0 Å². The molecule has 0 aliphatic heterocycles. The average molecular weight is 675 g/mol. The summed E-state index contributed by atoms with van der Waals surface area (Å²) in [5.41, 5.74) is 15.8. The molecule has 0 bridgehead atoms. The maximum Gasteiger partial charge on any atom is 0.0713 e. The number of aromatic nitrogens is 2. The van der Waals surface area contributed by atoms with Crippen molar-refractivity contribution in [2.45, 2.75) is 5.41 Å². The van der Waals surface area contributed by atoms with E-state index in [4.69, 9.17) is 0 Å². The van der Waals surface area contributed by atoms with Gasteiger partial charge < -0.3 is 9.13 Å². The molecule has 2 nitrogen and oxygen atoms in total. The molecule has 1 aliphatic rings. The van der Waals surface area contributed by atoms with Gasteiger partial charge in [0.15, 0.2) is 0 Å². The molecule has 0 saturated carbocycles. The van der Waals surface area contributed by atoms with E-state index in [-0.39, 0.29) is 0 Å². The largest absolute Gasteiger partial charge is 0.317 e. The number of benzene rings is 8. The van der Waals surface area contributed by atoms with E-state index < -0.39 is 5.41 Å². The minimum Gasteiger partial charge on any atom is -0.317 e. The molecule has 0 unspecified atom stereocenters. The van der Waals surface area contributed by atoms with Crippen LogP contribution in [0.5, 0.6) is 0 Å². The molecule has 11 rings (SSSR count). The highest BCUT2D eigenvalue weighted by molar-refractivity contribution is 6.10. The molecule has 0 N–H and O–H groups in total. The van der Waals surface area contributed by atoms with Crippen LogP contribution in [0.15, 0.2) is 206 Å². The van der Waals surface area contributed by atoms with Gasteiger partial charge in [-0.15, -0.1) is 0 Å². The van der Waals surface area contributed by atoms with Crippen molar-refractivity contribution >= 4 is 32.7 Å². The van der Waals surface area contributed by atoms with Crippen LogP contribution >= 0.6 is 0 Å². The molecule has 2 heterocycles. The zero-order valence-corrected chi connectivity index (χ0v) is 29.0. The Bertz CT molecular complexity index is 2950. The molecule has 0 fully saturated rings. The Balaban J connectivity index is 1.07. The van der Waals surface area contributed by atoms with Crippen LogP contribution in [-0.2, 0) is 5.41 Å². The number of hydrogen-bond acceptors (Lipinski definition) is 0. The molecule has 0 saturated heterocycles. The first-order valence-electron chi connectivity index (χ1n) is 18.4. The highest BCUT2D eigenvalue weighted by atomic mass is 15.0. The molecular formula is C51H34N2. The highest BCUT2D eigenvalue weighted by Gasteiger charge is 2.46. The first-order chi connectivity index (χ1) is 26.3. The molecule has 2 heteroatoms. The van der Waals surface area contributed by atoms with Crippen LogP contribution in [0.3, 0.4) is 0 Å². The van der Waals surface area contributed by atoms with E-state index in [0.29, 0.717) is 0 Å². The summed E-state index contributed by atoms with van der Waals surface area (Å²) in [4.78, 5) is 0. The van der Waals surface area contributed by atoms with E-state index in [1.807, 2.05) is 0 Å². The van der Waals surface area contributed by atoms with Crippen molar-refractivity contribution in [1.82, 2.24) is 9.13 Å². The van der Waals surface area contributed by atoms with Crippen LogP contribution in [0.4, 0.5) is 0 Å². The second-order valence-electron chi connectivity index (χ2n) is 14.1. The van der Waals surface area contributed by atoms with Crippen LogP contribution in [0.25, 0.3) is 66.3 Å². The van der Waals surface area contributed by atoms with Gasteiger partial charge in [-0.2, -0.15) is 0 Å². The molecule has 0 atom stereocenters. The predicted molar refractivity (Wildman–Crippen MR) is 220 cm³/mol. The van der Waals surface area contributed by atoms with E-state index in [9.17, 15) is 0 Å². The van der Waals surface area contributed by atoms with Crippen LogP contribution < -0.4 is 0 Å². The Morgan fingerprint density at radius 3 is 1.79 bits per heavy atom. The fourth-order valence-corrected chi connectivity index (χ4v) is 9.23. The first-order valence-corrected chi connectivity index (χ1v) is 18.4. The van der Waals surface area contributed by atoms with E-state index in [2.05, 4.69) is 216 Å². The lowest BCUT2D eigenvalue weighted by Crippen LogP contribution is -2.28. The van der Waals surface area contributed by atoms with E-state index in [1.54, 1.807) is 0 Å². The Kier molecular flexibility index (Phi) is 6.50. The standard InChI is InChI=1S/C51H34N2/c1-4-15-37(16-5-1)51(38-17-6-2-7-18-38)45-24-12-10-22-43(45)50-41(23-14-25-46(50)51)35-27-29-47-36(33-35)31-32-52(47)40-28-30-49-44(34-40)42-21-11-13-26-48(42)53(49)39-19-8-3-9-20-39/h1-34H. The summed E-state index contributed by atoms with van der Waals surface area (Å²) >= 11 is 0. The van der Waals surface area contributed by atoms with Crippen LogP contribution in [0.2, 0.25) is 0 Å². The fraction of sp³-hybridized carbons (Fsp3) is 0.0196. The lowest BCUT2D eigenvalue weighted by atomic mass is 9.67. The Morgan fingerprint density at radius 2 is 1.00 bits per heavy atom. The van der Waals surface area contributed by atoms with Gasteiger partial charge in [0, 0.05) is 33.7 Å². The van der Waals surface area contributed by atoms with Gasteiger partial charge >= 0.3 is 0 Å². The van der Waals surface area contributed by atoms with Crippen LogP contribution in [0, 0.1) is 0 Å². The number of para-hydroxylation sites is 2. The van der Waals surface area contributed by atoms with Crippen molar-refractivity contribution in [2.24, 2.45) is 0 Å². The molecule has 53 heavy (non-hydrogen) atoms. The third-order valence-corrected chi connectivity index (χ3v) is 11.4. The van der Waals surface area contributed by atoms with Crippen molar-refractivity contribution in [1.29, 1.82) is 0 Å². The van der Waals surface area contributed by atoms with Gasteiger partial charge in [0.2, 0.25) is 0 Å². The summed E-state index contributed by atoms with van der Waals surface area (Å²) in [6, 6.07) is 73.4. The molecular weight excluding hydrogens is 641 g/mol. The molecule has 8 aromatic carbocycles. The lowest BCUT2D eigenvalue weighted by molar-refractivity contribution is 0.768. The smallest absolute Gasteiger partial charge is 0.0713 e. The maximum absolute atomic E-state index is 2.37. The van der Waals surface area contributed by atoms with E-state index in [0.717, 1.165) is 5.69 Å². The number of nitrogens with zero attached hydrogens (tertiary/aromatic N) is 2. The highest BCUT2D eigenvalue weighted by Crippen LogP contribution is 2.58. The number of fused-ring (bicyclic) bond motifs is 7. The monoisotopic (exact) mass is 674 g/mol. The molecule has 1 aliphatic carbocycles. The minimum absolute atomic E-state index is 0.417. The predicted octanol–water partition coefficient (Wildman–Crippen LogP) is 12.8. The van der Waals surface area contributed by atoms with Gasteiger partial charge in [-0.1, -0.05) is 146 Å². The summed E-state index contributed by atoms with van der Waals surface area (Å²) < 4.78 is 4.70. The topological polar surface area (TPSA) is 9.86 Å². The third-order valence-electron chi connectivity index (χ3n) is 11.4. The summed E-state index contributed by atoms with van der Waals surface area (Å²) in [7, 11) is 0.